The van der Waals surface area contributed by atoms with Crippen LogP contribution in [-0.4, -0.2) is 40.0 Å². The van der Waals surface area contributed by atoms with Gasteiger partial charge in [-0.05, 0) is 38.6 Å². The topological polar surface area (TPSA) is 53.9 Å². The molecule has 0 amide bonds. The first-order chi connectivity index (χ1) is 9.81. The van der Waals surface area contributed by atoms with Crippen molar-refractivity contribution in [1.82, 2.24) is 19.9 Å². The lowest BCUT2D eigenvalue weighted by molar-refractivity contribution is 0.248. The molecule has 1 aliphatic heterocycles. The zero-order valence-electron chi connectivity index (χ0n) is 11.7. The number of nitrogens with one attached hydrogen (secondary N) is 1. The Morgan fingerprint density at radius 3 is 3.00 bits per heavy atom. The number of hydrogen-bond donors (Lipinski definition) is 1. The van der Waals surface area contributed by atoms with Gasteiger partial charge < -0.3 is 10.2 Å². The number of aromatic nitrogens is 3. The molecule has 1 N–H and O–H groups in total. The van der Waals surface area contributed by atoms with Crippen molar-refractivity contribution in [3.05, 3.63) is 42.5 Å². The molecular formula is C15H19N5. The number of pyridine rings is 1. The second-order valence-corrected chi connectivity index (χ2v) is 5.27. The summed E-state index contributed by atoms with van der Waals surface area (Å²) in [5.74, 6) is 2.03. The quantitative estimate of drug-likeness (QED) is 0.927. The minimum Gasteiger partial charge on any atom is -0.324 e. The number of anilines is 2. The first-order valence-electron chi connectivity index (χ1n) is 7.00. The minimum absolute atomic E-state index is 0.478. The molecule has 3 rings (SSSR count). The van der Waals surface area contributed by atoms with Crippen LogP contribution >= 0.6 is 0 Å². The Labute approximate surface area is 119 Å². The summed E-state index contributed by atoms with van der Waals surface area (Å²) in [7, 11) is 2.16. The van der Waals surface area contributed by atoms with Crippen LogP contribution in [-0.2, 0) is 0 Å². The Morgan fingerprint density at radius 1 is 1.25 bits per heavy atom. The van der Waals surface area contributed by atoms with Gasteiger partial charge in [0.1, 0.15) is 11.6 Å². The van der Waals surface area contributed by atoms with Crippen LogP contribution in [0.3, 0.4) is 0 Å². The van der Waals surface area contributed by atoms with Crippen LogP contribution in [0.5, 0.6) is 0 Å². The maximum absolute atomic E-state index is 4.69. The number of hydrogen-bond acceptors (Lipinski definition) is 5. The molecule has 1 atom stereocenters. The molecule has 1 aliphatic rings. The standard InChI is InChI=1S/C15H19N5/c1-20-8-4-5-12(11-20)13-9-16-10-15(18-13)19-14-6-2-3-7-17-14/h2-3,6-7,9-10,12H,4-5,8,11H2,1H3,(H,17,18,19)/t12-/m0/s1. The van der Waals surface area contributed by atoms with Gasteiger partial charge in [-0.1, -0.05) is 6.07 Å². The summed E-state index contributed by atoms with van der Waals surface area (Å²) in [4.78, 5) is 15.6. The van der Waals surface area contributed by atoms with E-state index in [0.29, 0.717) is 5.92 Å². The SMILES string of the molecule is CN1CCC[C@H](c2cncc(Nc3ccccn3)n2)C1. The van der Waals surface area contributed by atoms with Crippen molar-refractivity contribution in [3.8, 4) is 0 Å². The van der Waals surface area contributed by atoms with Crippen LogP contribution in [0.25, 0.3) is 0 Å². The summed E-state index contributed by atoms with van der Waals surface area (Å²) in [6.45, 7) is 2.23. The summed E-state index contributed by atoms with van der Waals surface area (Å²) in [5, 5.41) is 3.20. The van der Waals surface area contributed by atoms with E-state index in [4.69, 9.17) is 0 Å². The normalized spacial score (nSPS) is 19.8. The van der Waals surface area contributed by atoms with Crippen LogP contribution in [0.4, 0.5) is 11.6 Å². The number of nitrogens with zero attached hydrogens (tertiary/aromatic N) is 4. The number of rotatable bonds is 3. The molecule has 5 heteroatoms. The smallest absolute Gasteiger partial charge is 0.150 e. The summed E-state index contributed by atoms with van der Waals surface area (Å²) in [6, 6.07) is 5.76. The Kier molecular flexibility index (Phi) is 3.87. The Balaban J connectivity index is 1.75. The third-order valence-electron chi connectivity index (χ3n) is 3.62. The van der Waals surface area contributed by atoms with Gasteiger partial charge >= 0.3 is 0 Å². The Hall–Kier alpha value is -2.01. The van der Waals surface area contributed by atoms with Crippen molar-refractivity contribution in [2.45, 2.75) is 18.8 Å². The van der Waals surface area contributed by atoms with E-state index in [2.05, 4.69) is 32.2 Å². The maximum atomic E-state index is 4.69. The monoisotopic (exact) mass is 269 g/mol. The largest absolute Gasteiger partial charge is 0.324 e. The molecule has 0 unspecified atom stereocenters. The maximum Gasteiger partial charge on any atom is 0.150 e. The van der Waals surface area contributed by atoms with E-state index < -0.39 is 0 Å². The van der Waals surface area contributed by atoms with Crippen LogP contribution in [0.2, 0.25) is 0 Å². The first-order valence-corrected chi connectivity index (χ1v) is 7.00. The van der Waals surface area contributed by atoms with Crippen LogP contribution in [0.15, 0.2) is 36.8 Å². The third-order valence-corrected chi connectivity index (χ3v) is 3.62. The van der Waals surface area contributed by atoms with E-state index in [9.17, 15) is 0 Å². The second-order valence-electron chi connectivity index (χ2n) is 5.27. The molecule has 2 aromatic heterocycles. The lowest BCUT2D eigenvalue weighted by Gasteiger charge is -2.29. The molecule has 0 aliphatic carbocycles. The highest BCUT2D eigenvalue weighted by Crippen LogP contribution is 2.25. The van der Waals surface area contributed by atoms with E-state index >= 15 is 0 Å². The molecule has 0 bridgehead atoms. The lowest BCUT2D eigenvalue weighted by Crippen LogP contribution is -2.31. The van der Waals surface area contributed by atoms with Crippen molar-refractivity contribution in [1.29, 1.82) is 0 Å². The number of likely N-dealkylation sites (N-methyl/N-ethyl adjacent to an activating group) is 1. The second kappa shape index (κ2) is 5.96. The van der Waals surface area contributed by atoms with Gasteiger partial charge in [0.25, 0.3) is 0 Å². The van der Waals surface area contributed by atoms with E-state index in [-0.39, 0.29) is 0 Å². The molecule has 0 spiro atoms. The highest BCUT2D eigenvalue weighted by molar-refractivity contribution is 5.50. The molecule has 0 saturated carbocycles. The lowest BCUT2D eigenvalue weighted by atomic mass is 9.95. The molecule has 2 aromatic rings. The molecule has 0 aromatic carbocycles. The fraction of sp³-hybridized carbons (Fsp3) is 0.400. The average molecular weight is 269 g/mol. The van der Waals surface area contributed by atoms with E-state index in [1.54, 1.807) is 12.4 Å². The molecule has 0 radical (unpaired) electrons. The fourth-order valence-corrected chi connectivity index (χ4v) is 2.61. The van der Waals surface area contributed by atoms with Gasteiger partial charge in [-0.2, -0.15) is 0 Å². The van der Waals surface area contributed by atoms with E-state index in [1.165, 1.54) is 19.4 Å². The van der Waals surface area contributed by atoms with Gasteiger partial charge in [0, 0.05) is 24.9 Å². The van der Waals surface area contributed by atoms with Crippen molar-refractivity contribution in [2.24, 2.45) is 0 Å². The highest BCUT2D eigenvalue weighted by Gasteiger charge is 2.20. The summed E-state index contributed by atoms with van der Waals surface area (Å²) in [6.07, 6.45) is 7.79. The van der Waals surface area contributed by atoms with Crippen molar-refractivity contribution < 1.29 is 0 Å². The molecule has 1 saturated heterocycles. The fourth-order valence-electron chi connectivity index (χ4n) is 2.61. The number of piperidine rings is 1. The minimum atomic E-state index is 0.478. The Bertz CT molecular complexity index is 557. The third kappa shape index (κ3) is 3.11. The van der Waals surface area contributed by atoms with Gasteiger partial charge in [0.2, 0.25) is 0 Å². The van der Waals surface area contributed by atoms with Gasteiger partial charge in [-0.15, -0.1) is 0 Å². The van der Waals surface area contributed by atoms with Crippen molar-refractivity contribution >= 4 is 11.6 Å². The van der Waals surface area contributed by atoms with Crippen molar-refractivity contribution in [3.63, 3.8) is 0 Å². The molecule has 5 nitrogen and oxygen atoms in total. The molecular weight excluding hydrogens is 250 g/mol. The first kappa shape index (κ1) is 13.0. The van der Waals surface area contributed by atoms with E-state index in [1.807, 2.05) is 24.4 Å². The van der Waals surface area contributed by atoms with Crippen LogP contribution in [0, 0.1) is 0 Å². The van der Waals surface area contributed by atoms with Gasteiger partial charge in [0.05, 0.1) is 11.9 Å². The predicted octanol–water partition coefficient (Wildman–Crippen LogP) is 2.42. The molecule has 20 heavy (non-hydrogen) atoms. The zero-order chi connectivity index (χ0) is 13.8. The molecule has 104 valence electrons. The average Bonchev–Trinajstić information content (AvgIpc) is 2.49. The van der Waals surface area contributed by atoms with E-state index in [0.717, 1.165) is 23.9 Å². The predicted molar refractivity (Wildman–Crippen MR) is 79.0 cm³/mol. The number of likely N-dealkylation sites (tertiary alicyclic amines) is 1. The highest BCUT2D eigenvalue weighted by atomic mass is 15.1. The van der Waals surface area contributed by atoms with Crippen LogP contribution < -0.4 is 5.32 Å². The van der Waals surface area contributed by atoms with Crippen molar-refractivity contribution in [2.75, 3.05) is 25.5 Å². The van der Waals surface area contributed by atoms with Crippen LogP contribution in [0.1, 0.15) is 24.5 Å². The summed E-state index contributed by atoms with van der Waals surface area (Å²) < 4.78 is 0. The summed E-state index contributed by atoms with van der Waals surface area (Å²) in [5.41, 5.74) is 1.07. The Morgan fingerprint density at radius 2 is 2.20 bits per heavy atom. The van der Waals surface area contributed by atoms with Gasteiger partial charge in [-0.25, -0.2) is 9.97 Å². The summed E-state index contributed by atoms with van der Waals surface area (Å²) >= 11 is 0. The molecule has 3 heterocycles. The van der Waals surface area contributed by atoms with Gasteiger partial charge in [-0.3, -0.25) is 4.98 Å². The molecule has 1 fully saturated rings. The van der Waals surface area contributed by atoms with Gasteiger partial charge in [0.15, 0.2) is 0 Å². The zero-order valence-corrected chi connectivity index (χ0v) is 11.7.